The highest BCUT2D eigenvalue weighted by molar-refractivity contribution is 7.12. The predicted molar refractivity (Wildman–Crippen MR) is 78.8 cm³/mol. The third-order valence-corrected chi connectivity index (χ3v) is 3.91. The zero-order valence-corrected chi connectivity index (χ0v) is 13.5. The van der Waals surface area contributed by atoms with Crippen molar-refractivity contribution in [3.63, 3.8) is 0 Å². The molecule has 1 rings (SSSR count). The van der Waals surface area contributed by atoms with Crippen molar-refractivity contribution in [2.24, 2.45) is 5.92 Å². The summed E-state index contributed by atoms with van der Waals surface area (Å²) in [4.78, 5) is 25.8. The van der Waals surface area contributed by atoms with Crippen molar-refractivity contribution in [1.29, 1.82) is 0 Å². The molecule has 0 aliphatic heterocycles. The largest absolute Gasteiger partial charge is 0.466 e. The molecule has 4 nitrogen and oxygen atoms in total. The molecule has 0 aliphatic rings. The number of rotatable bonds is 6. The average molecular weight is 298 g/mol. The van der Waals surface area contributed by atoms with Crippen LogP contribution in [-0.2, 0) is 25.5 Å². The number of ether oxygens (including phenoxy) is 2. The smallest absolute Gasteiger partial charge is 0.347 e. The second kappa shape index (κ2) is 7.43. The first kappa shape index (κ1) is 16.7. The van der Waals surface area contributed by atoms with Crippen LogP contribution in [0.2, 0.25) is 0 Å². The summed E-state index contributed by atoms with van der Waals surface area (Å²) >= 11 is 1.65. The Balaban J connectivity index is 2.66. The van der Waals surface area contributed by atoms with E-state index in [4.69, 9.17) is 4.74 Å². The maximum Gasteiger partial charge on any atom is 0.347 e. The van der Waals surface area contributed by atoms with Gasteiger partial charge in [-0.1, -0.05) is 13.8 Å². The van der Waals surface area contributed by atoms with E-state index in [1.807, 2.05) is 33.8 Å². The van der Waals surface area contributed by atoms with Gasteiger partial charge in [-0.05, 0) is 37.8 Å². The van der Waals surface area contributed by atoms with Crippen molar-refractivity contribution < 1.29 is 19.1 Å². The molecule has 0 N–H and O–H groups in total. The van der Waals surface area contributed by atoms with Gasteiger partial charge in [-0.2, -0.15) is 0 Å². The van der Waals surface area contributed by atoms with E-state index in [1.54, 1.807) is 11.3 Å². The van der Waals surface area contributed by atoms with E-state index in [1.165, 1.54) is 7.11 Å². The van der Waals surface area contributed by atoms with Gasteiger partial charge in [0.25, 0.3) is 0 Å². The first-order valence-corrected chi connectivity index (χ1v) is 7.48. The second-order valence-corrected chi connectivity index (χ2v) is 6.71. The van der Waals surface area contributed by atoms with Crippen LogP contribution in [0, 0.1) is 19.8 Å². The van der Waals surface area contributed by atoms with Crippen LogP contribution in [-0.4, -0.2) is 25.2 Å². The number of hydrogen-bond acceptors (Lipinski definition) is 5. The van der Waals surface area contributed by atoms with Crippen LogP contribution in [0.25, 0.3) is 0 Å². The van der Waals surface area contributed by atoms with Crippen molar-refractivity contribution in [2.75, 3.05) is 7.11 Å². The highest BCUT2D eigenvalue weighted by atomic mass is 32.1. The fourth-order valence-electron chi connectivity index (χ4n) is 1.97. The summed E-state index contributed by atoms with van der Waals surface area (Å²) in [6.07, 6.45) is -0.144. The molecule has 112 valence electrons. The Morgan fingerprint density at radius 2 is 1.95 bits per heavy atom. The lowest BCUT2D eigenvalue weighted by atomic mass is 10.1. The topological polar surface area (TPSA) is 52.6 Å². The number of esters is 2. The Kier molecular flexibility index (Phi) is 6.20. The molecule has 0 saturated carbocycles. The minimum absolute atomic E-state index is 0.196. The van der Waals surface area contributed by atoms with E-state index in [-0.39, 0.29) is 18.3 Å². The van der Waals surface area contributed by atoms with Crippen LogP contribution in [0.15, 0.2) is 6.07 Å². The Hall–Kier alpha value is -1.36. The summed E-state index contributed by atoms with van der Waals surface area (Å²) in [5.41, 5.74) is 0.964. The molecule has 1 atom stereocenters. The van der Waals surface area contributed by atoms with E-state index in [9.17, 15) is 9.59 Å². The van der Waals surface area contributed by atoms with Crippen LogP contribution in [0.4, 0.5) is 0 Å². The zero-order chi connectivity index (χ0) is 15.3. The number of carbonyl (C=O) groups is 2. The summed E-state index contributed by atoms with van der Waals surface area (Å²) in [7, 11) is 1.30. The molecule has 0 fully saturated rings. The first-order valence-electron chi connectivity index (χ1n) is 6.66. The Bertz CT molecular complexity index is 476. The van der Waals surface area contributed by atoms with Gasteiger partial charge in [0, 0.05) is 9.75 Å². The number of thiophene rings is 1. The van der Waals surface area contributed by atoms with Gasteiger partial charge in [0.2, 0.25) is 0 Å². The minimum Gasteiger partial charge on any atom is -0.466 e. The SMILES string of the molecule is COC(=O)[C@@H](CC(C)C)OC(=O)Cc1cc(C)sc1C. The van der Waals surface area contributed by atoms with Gasteiger partial charge in [0.15, 0.2) is 6.10 Å². The standard InChI is InChI=1S/C15H22O4S/c1-9(2)6-13(15(17)18-5)19-14(16)8-12-7-10(3)20-11(12)4/h7,9,13H,6,8H2,1-5H3/t13-/m1/s1. The maximum atomic E-state index is 12.0. The van der Waals surface area contributed by atoms with Gasteiger partial charge in [-0.15, -0.1) is 11.3 Å². The molecule has 5 heteroatoms. The van der Waals surface area contributed by atoms with Gasteiger partial charge in [0.05, 0.1) is 13.5 Å². The maximum absolute atomic E-state index is 12.0. The summed E-state index contributed by atoms with van der Waals surface area (Å²) in [6, 6.07) is 1.98. The second-order valence-electron chi connectivity index (χ2n) is 5.25. The summed E-state index contributed by atoms with van der Waals surface area (Å²) in [6.45, 7) is 7.92. The molecule has 0 aliphatic carbocycles. The van der Waals surface area contributed by atoms with E-state index in [2.05, 4.69) is 4.74 Å². The molecule has 20 heavy (non-hydrogen) atoms. The molecule has 1 heterocycles. The molecular formula is C15H22O4S. The highest BCUT2D eigenvalue weighted by Gasteiger charge is 2.25. The lowest BCUT2D eigenvalue weighted by Crippen LogP contribution is -2.30. The molecule has 1 aromatic heterocycles. The number of hydrogen-bond donors (Lipinski definition) is 0. The molecular weight excluding hydrogens is 276 g/mol. The van der Waals surface area contributed by atoms with Crippen LogP contribution in [0.1, 0.15) is 35.6 Å². The summed E-state index contributed by atoms with van der Waals surface area (Å²) in [5, 5.41) is 0. The Morgan fingerprint density at radius 3 is 2.40 bits per heavy atom. The van der Waals surface area contributed by atoms with Gasteiger partial charge in [-0.3, -0.25) is 4.79 Å². The molecule has 0 spiro atoms. The number of carbonyl (C=O) groups excluding carboxylic acids is 2. The molecule has 0 unspecified atom stereocenters. The fourth-order valence-corrected chi connectivity index (χ4v) is 2.91. The molecule has 0 radical (unpaired) electrons. The van der Waals surface area contributed by atoms with Crippen molar-refractivity contribution in [1.82, 2.24) is 0 Å². The third kappa shape index (κ3) is 4.96. The van der Waals surface area contributed by atoms with Crippen molar-refractivity contribution in [3.8, 4) is 0 Å². The summed E-state index contributed by atoms with van der Waals surface area (Å²) < 4.78 is 9.95. The molecule has 1 aromatic rings. The molecule has 0 amide bonds. The van der Waals surface area contributed by atoms with Crippen molar-refractivity contribution >= 4 is 23.3 Å². The first-order chi connectivity index (χ1) is 9.33. The average Bonchev–Trinajstić information content (AvgIpc) is 2.65. The van der Waals surface area contributed by atoms with E-state index in [0.29, 0.717) is 6.42 Å². The zero-order valence-electron chi connectivity index (χ0n) is 12.7. The predicted octanol–water partition coefficient (Wildman–Crippen LogP) is 3.04. The van der Waals surface area contributed by atoms with Gasteiger partial charge in [-0.25, -0.2) is 4.79 Å². The molecule has 0 saturated heterocycles. The van der Waals surface area contributed by atoms with Gasteiger partial charge in [0.1, 0.15) is 0 Å². The quantitative estimate of drug-likeness (QED) is 0.757. The fraction of sp³-hybridized carbons (Fsp3) is 0.600. The van der Waals surface area contributed by atoms with Gasteiger partial charge >= 0.3 is 11.9 Å². The third-order valence-electron chi connectivity index (χ3n) is 2.90. The van der Waals surface area contributed by atoms with Crippen LogP contribution in [0.5, 0.6) is 0 Å². The highest BCUT2D eigenvalue weighted by Crippen LogP contribution is 2.21. The van der Waals surface area contributed by atoms with Crippen LogP contribution in [0.3, 0.4) is 0 Å². The molecule has 0 bridgehead atoms. The minimum atomic E-state index is -0.812. The van der Waals surface area contributed by atoms with E-state index in [0.717, 1.165) is 15.3 Å². The van der Waals surface area contributed by atoms with Crippen molar-refractivity contribution in [2.45, 2.75) is 46.6 Å². The molecule has 0 aromatic carbocycles. The van der Waals surface area contributed by atoms with E-state index < -0.39 is 12.1 Å². The van der Waals surface area contributed by atoms with Crippen LogP contribution >= 0.6 is 11.3 Å². The summed E-state index contributed by atoms with van der Waals surface area (Å²) in [5.74, 6) is -0.635. The Labute approximate surface area is 124 Å². The van der Waals surface area contributed by atoms with Crippen molar-refractivity contribution in [3.05, 3.63) is 21.4 Å². The number of methoxy groups -OCH3 is 1. The Morgan fingerprint density at radius 1 is 1.30 bits per heavy atom. The number of aryl methyl sites for hydroxylation is 2. The lowest BCUT2D eigenvalue weighted by molar-refractivity contribution is -0.166. The monoisotopic (exact) mass is 298 g/mol. The van der Waals surface area contributed by atoms with Crippen LogP contribution < -0.4 is 0 Å². The van der Waals surface area contributed by atoms with E-state index >= 15 is 0 Å². The lowest BCUT2D eigenvalue weighted by Gasteiger charge is -2.17. The normalized spacial score (nSPS) is 12.3. The van der Waals surface area contributed by atoms with Gasteiger partial charge < -0.3 is 9.47 Å².